The van der Waals surface area contributed by atoms with E-state index in [2.05, 4.69) is 9.47 Å². The number of esters is 2. The Labute approximate surface area is 149 Å². The van der Waals surface area contributed by atoms with Gasteiger partial charge >= 0.3 is 48.0 Å². The van der Waals surface area contributed by atoms with Crippen LogP contribution in [0, 0.1) is 0 Å². The van der Waals surface area contributed by atoms with Crippen LogP contribution in [0.25, 0.3) is 0 Å². The van der Waals surface area contributed by atoms with E-state index in [1.54, 1.807) is 0 Å². The van der Waals surface area contributed by atoms with Gasteiger partial charge in [0.2, 0.25) is 0 Å². The molecule has 0 fully saturated rings. The van der Waals surface area contributed by atoms with E-state index in [0.29, 0.717) is 0 Å². The molecule has 18 heteroatoms. The van der Waals surface area contributed by atoms with Crippen molar-refractivity contribution >= 4 is 11.9 Å². The fraction of sp³-hybridized carbons (Fsp3) is 0.818. The number of hydrogen-bond acceptors (Lipinski definition) is 4. The maximum absolute atomic E-state index is 12.8. The van der Waals surface area contributed by atoms with Gasteiger partial charge in [-0.05, 0) is 0 Å². The number of rotatable bonds is 8. The second-order valence-corrected chi connectivity index (χ2v) is 4.92. The second kappa shape index (κ2) is 8.00. The van der Waals surface area contributed by atoms with Gasteiger partial charge in [-0.15, -0.1) is 0 Å². The fourth-order valence-electron chi connectivity index (χ4n) is 1.18. The zero-order chi connectivity index (χ0) is 23.7. The molecule has 0 aliphatic heterocycles. The summed E-state index contributed by atoms with van der Waals surface area (Å²) in [4.78, 5) is 21.3. The summed E-state index contributed by atoms with van der Waals surface area (Å²) in [6.45, 7) is -3.17. The molecule has 172 valence electrons. The van der Waals surface area contributed by atoms with Crippen LogP contribution in [0.1, 0.15) is 6.42 Å². The molecule has 0 saturated carbocycles. The van der Waals surface area contributed by atoms with E-state index >= 15 is 0 Å². The topological polar surface area (TPSA) is 52.6 Å². The molecule has 0 spiro atoms. The van der Waals surface area contributed by atoms with Gasteiger partial charge in [0.25, 0.3) is 0 Å². The highest BCUT2D eigenvalue weighted by molar-refractivity contribution is 5.79. The zero-order valence-corrected chi connectivity index (χ0v) is 13.0. The number of alkyl halides is 14. The van der Waals surface area contributed by atoms with Crippen molar-refractivity contribution in [2.45, 2.75) is 42.5 Å². The number of hydrogen-bond donors (Lipinski definition) is 0. The molecule has 0 unspecified atom stereocenters. The Hall–Kier alpha value is -2.04. The molecule has 0 amide bonds. The van der Waals surface area contributed by atoms with E-state index < -0.39 is 67.6 Å². The summed E-state index contributed by atoms with van der Waals surface area (Å²) in [6.07, 6.45) is -15.0. The lowest BCUT2D eigenvalue weighted by atomic mass is 10.1. The van der Waals surface area contributed by atoms with E-state index in [4.69, 9.17) is 0 Å². The largest absolute Gasteiger partial charge is 0.461 e. The monoisotopic (exact) mass is 468 g/mol. The Morgan fingerprint density at radius 2 is 0.759 bits per heavy atom. The predicted molar refractivity (Wildman–Crippen MR) is 58.4 cm³/mol. The van der Waals surface area contributed by atoms with E-state index in [0.717, 1.165) is 0 Å². The average molecular weight is 468 g/mol. The molecular formula is C11H6F14O4. The van der Waals surface area contributed by atoms with E-state index in [1.807, 2.05) is 0 Å². The van der Waals surface area contributed by atoms with Crippen LogP contribution in [0.4, 0.5) is 61.5 Å². The van der Waals surface area contributed by atoms with Crippen molar-refractivity contribution in [3.8, 4) is 0 Å². The van der Waals surface area contributed by atoms with Gasteiger partial charge in [-0.2, -0.15) is 61.5 Å². The molecule has 29 heavy (non-hydrogen) atoms. The Morgan fingerprint density at radius 1 is 0.517 bits per heavy atom. The van der Waals surface area contributed by atoms with Crippen molar-refractivity contribution in [1.82, 2.24) is 0 Å². The van der Waals surface area contributed by atoms with Gasteiger partial charge in [-0.25, -0.2) is 9.59 Å². The van der Waals surface area contributed by atoms with Gasteiger partial charge in [0.15, 0.2) is 0 Å². The van der Waals surface area contributed by atoms with Gasteiger partial charge in [-0.3, -0.25) is 0 Å². The van der Waals surface area contributed by atoms with E-state index in [1.165, 1.54) is 0 Å². The maximum atomic E-state index is 12.8. The molecule has 0 rings (SSSR count). The Kier molecular flexibility index (Phi) is 7.44. The molecule has 0 aromatic rings. The lowest BCUT2D eigenvalue weighted by Crippen LogP contribution is -2.57. The first-order valence-corrected chi connectivity index (χ1v) is 6.54. The van der Waals surface area contributed by atoms with Crippen LogP contribution in [0.15, 0.2) is 0 Å². The summed E-state index contributed by atoms with van der Waals surface area (Å²) in [5, 5.41) is 0. The summed E-state index contributed by atoms with van der Waals surface area (Å²) >= 11 is 0. The van der Waals surface area contributed by atoms with Crippen LogP contribution in [-0.2, 0) is 19.1 Å². The Morgan fingerprint density at radius 3 is 0.966 bits per heavy atom. The first kappa shape index (κ1) is 27.0. The first-order valence-electron chi connectivity index (χ1n) is 6.54. The third kappa shape index (κ3) is 5.12. The number of carbonyl (C=O) groups excluding carboxylic acids is 2. The van der Waals surface area contributed by atoms with Crippen LogP contribution < -0.4 is 0 Å². The minimum atomic E-state index is -6.87. The summed E-state index contributed by atoms with van der Waals surface area (Å²) in [6, 6.07) is 0. The SMILES string of the molecule is O=C(OCCCOC(=O)C(F)(F)C(F)(F)C(F)(F)F)C(F)(F)C(F)(F)C(F)(F)F. The molecule has 4 nitrogen and oxygen atoms in total. The van der Waals surface area contributed by atoms with Gasteiger partial charge in [0.1, 0.15) is 0 Å². The molecule has 0 heterocycles. The quantitative estimate of drug-likeness (QED) is 0.306. The van der Waals surface area contributed by atoms with Gasteiger partial charge < -0.3 is 9.47 Å². The lowest BCUT2D eigenvalue weighted by molar-refractivity contribution is -0.348. The van der Waals surface area contributed by atoms with Crippen molar-refractivity contribution in [3.05, 3.63) is 0 Å². The fourth-order valence-corrected chi connectivity index (χ4v) is 1.18. The third-order valence-electron chi connectivity index (χ3n) is 2.77. The first-order chi connectivity index (χ1) is 12.5. The molecule has 0 aliphatic carbocycles. The highest BCUT2D eigenvalue weighted by atomic mass is 19.4. The Bertz CT molecular complexity index is 554. The smallest absolute Gasteiger partial charge is 0.460 e. The highest BCUT2D eigenvalue weighted by Gasteiger charge is 2.78. The third-order valence-corrected chi connectivity index (χ3v) is 2.77. The summed E-state index contributed by atoms with van der Waals surface area (Å²) in [5.41, 5.74) is 0. The maximum Gasteiger partial charge on any atom is 0.460 e. The molecule has 0 saturated heterocycles. The Balaban J connectivity index is 4.75. The van der Waals surface area contributed by atoms with Crippen LogP contribution in [0.3, 0.4) is 0 Å². The van der Waals surface area contributed by atoms with Crippen molar-refractivity contribution in [3.63, 3.8) is 0 Å². The predicted octanol–water partition coefficient (Wildman–Crippen LogP) is 4.13. The lowest BCUT2D eigenvalue weighted by Gasteiger charge is -2.26. The van der Waals surface area contributed by atoms with Gasteiger partial charge in [0, 0.05) is 6.42 Å². The van der Waals surface area contributed by atoms with Crippen molar-refractivity contribution < 1.29 is 80.5 Å². The number of ether oxygens (including phenoxy) is 2. The van der Waals surface area contributed by atoms with Crippen molar-refractivity contribution in [2.75, 3.05) is 13.2 Å². The molecular weight excluding hydrogens is 462 g/mol. The van der Waals surface area contributed by atoms with Crippen LogP contribution in [0.5, 0.6) is 0 Å². The standard InChI is InChI=1S/C11H6F14O4/c12-6(13,8(16,17)10(20,21)22)4(26)28-2-1-3-29-5(27)7(14,15)9(18,19)11(23,24)25/h1-3H2. The van der Waals surface area contributed by atoms with Crippen LogP contribution in [0.2, 0.25) is 0 Å². The minimum absolute atomic E-state index is 1.22. The minimum Gasteiger partial charge on any atom is -0.461 e. The zero-order valence-electron chi connectivity index (χ0n) is 13.0. The molecule has 0 radical (unpaired) electrons. The molecule has 0 bridgehead atoms. The summed E-state index contributed by atoms with van der Waals surface area (Å²) in [5.74, 6) is -33.4. The van der Waals surface area contributed by atoms with Crippen LogP contribution >= 0.6 is 0 Å². The molecule has 0 atom stereocenters. The average Bonchev–Trinajstić information content (AvgIpc) is 2.51. The molecule has 0 aromatic heterocycles. The molecule has 0 aliphatic rings. The normalized spacial score (nSPS) is 14.6. The van der Waals surface area contributed by atoms with Gasteiger partial charge in [-0.1, -0.05) is 0 Å². The highest BCUT2D eigenvalue weighted by Crippen LogP contribution is 2.48. The van der Waals surface area contributed by atoms with E-state index in [9.17, 15) is 71.1 Å². The number of halogens is 14. The number of carbonyl (C=O) groups is 2. The van der Waals surface area contributed by atoms with Crippen molar-refractivity contribution in [2.24, 2.45) is 0 Å². The molecule has 0 aromatic carbocycles. The summed E-state index contributed by atoms with van der Waals surface area (Å²) < 4.78 is 179. The van der Waals surface area contributed by atoms with Gasteiger partial charge in [0.05, 0.1) is 13.2 Å². The molecule has 0 N–H and O–H groups in total. The summed E-state index contributed by atoms with van der Waals surface area (Å²) in [7, 11) is 0. The van der Waals surface area contributed by atoms with Crippen LogP contribution in [-0.4, -0.2) is 61.2 Å². The second-order valence-electron chi connectivity index (χ2n) is 4.92. The van der Waals surface area contributed by atoms with Crippen molar-refractivity contribution in [1.29, 1.82) is 0 Å². The van der Waals surface area contributed by atoms with E-state index in [-0.39, 0.29) is 0 Å².